The molecule has 150 valence electrons. The number of ether oxygens (including phenoxy) is 1. The van der Waals surface area contributed by atoms with E-state index in [0.29, 0.717) is 12.1 Å². The first-order valence-corrected chi connectivity index (χ1v) is 12.7. The van der Waals surface area contributed by atoms with E-state index in [-0.39, 0.29) is 0 Å². The van der Waals surface area contributed by atoms with E-state index in [4.69, 9.17) is 4.74 Å². The first-order valence-electron chi connectivity index (χ1n) is 9.67. The van der Waals surface area contributed by atoms with Gasteiger partial charge in [-0.3, -0.25) is 4.57 Å². The Hall–Kier alpha value is -1.27. The van der Waals surface area contributed by atoms with Crippen LogP contribution in [-0.4, -0.2) is 73.8 Å². The summed E-state index contributed by atoms with van der Waals surface area (Å²) in [5.41, 5.74) is 2.30. The molecular formula is C19H31N4O3P. The van der Waals surface area contributed by atoms with Gasteiger partial charge >= 0.3 is 0 Å². The minimum absolute atomic E-state index is 0.408. The Balaban J connectivity index is 1.80. The summed E-state index contributed by atoms with van der Waals surface area (Å²) < 4.78 is 7.75. The average molecular weight is 394 g/mol. The molecule has 0 saturated carbocycles. The Morgan fingerprint density at radius 3 is 2.67 bits per heavy atom. The summed E-state index contributed by atoms with van der Waals surface area (Å²) >= 11 is 0. The number of rotatable bonds is 8. The maximum atomic E-state index is 10.6. The largest absolute Gasteiger partial charge is 0.388 e. The number of nitrogens with zero attached hydrogens (tertiary/aromatic N) is 4. The second-order valence-electron chi connectivity index (χ2n) is 8.10. The fourth-order valence-electron chi connectivity index (χ4n) is 3.49. The fourth-order valence-corrected chi connectivity index (χ4v) is 4.44. The van der Waals surface area contributed by atoms with E-state index in [1.165, 1.54) is 6.33 Å². The number of unbranched alkanes of at least 4 members (excludes halogenated alkanes) is 2. The highest BCUT2D eigenvalue weighted by Gasteiger charge is 2.44. The smallest absolute Gasteiger partial charge is 0.165 e. The van der Waals surface area contributed by atoms with E-state index in [1.54, 1.807) is 10.9 Å². The predicted octanol–water partition coefficient (Wildman–Crippen LogP) is 2.28. The molecule has 8 heteroatoms. The van der Waals surface area contributed by atoms with Crippen LogP contribution in [0.4, 0.5) is 0 Å². The molecule has 0 unspecified atom stereocenters. The molecule has 3 heterocycles. The van der Waals surface area contributed by atoms with Crippen molar-refractivity contribution in [1.29, 1.82) is 0 Å². The minimum Gasteiger partial charge on any atom is -0.388 e. The highest BCUT2D eigenvalue weighted by Crippen LogP contribution is 2.39. The van der Waals surface area contributed by atoms with Gasteiger partial charge in [0.05, 0.1) is 18.1 Å². The summed E-state index contributed by atoms with van der Waals surface area (Å²) in [6, 6.07) is 0. The number of aliphatic hydroxyl groups excluding tert-OH is 2. The third kappa shape index (κ3) is 4.60. The summed E-state index contributed by atoms with van der Waals surface area (Å²) in [5, 5.41) is 21.0. The SMILES string of the molecule is C=P(C)(C)CC[C@H]1O[C@@H](n2cnc3c(CCCCC)ncnc32)[C@H](O)[C@@H]1O. The topological polar surface area (TPSA) is 93.3 Å². The fraction of sp³-hybridized carbons (Fsp3) is 0.684. The molecule has 27 heavy (non-hydrogen) atoms. The van der Waals surface area contributed by atoms with E-state index >= 15 is 0 Å². The lowest BCUT2D eigenvalue weighted by atomic mass is 10.1. The second-order valence-corrected chi connectivity index (χ2v) is 12.4. The lowest BCUT2D eigenvalue weighted by Gasteiger charge is -2.18. The molecule has 0 radical (unpaired) electrons. The molecule has 3 rings (SSSR count). The van der Waals surface area contributed by atoms with Crippen molar-refractivity contribution in [3.63, 3.8) is 0 Å². The standard InChI is InChI=1S/C19H31N4O3P/c1-5-6-7-8-13-15-18(21-11-20-13)23(12-22-15)19-17(25)16(24)14(26-19)9-10-27(2,3)4/h11-12,14,16-17,19,24-25H,2,5-10H2,1,3-4H3/t14-,16-,17-,19-/m1/s1. The first-order chi connectivity index (χ1) is 12.8. The maximum absolute atomic E-state index is 10.6. The zero-order valence-electron chi connectivity index (χ0n) is 16.5. The van der Waals surface area contributed by atoms with Crippen LogP contribution in [0, 0.1) is 0 Å². The van der Waals surface area contributed by atoms with Crippen LogP contribution in [0.2, 0.25) is 0 Å². The van der Waals surface area contributed by atoms with Gasteiger partial charge in [-0.25, -0.2) is 15.0 Å². The van der Waals surface area contributed by atoms with Crippen LogP contribution in [0.1, 0.15) is 44.5 Å². The number of hydrogen-bond donors (Lipinski definition) is 2. The molecule has 2 aromatic rings. The van der Waals surface area contributed by atoms with Gasteiger partial charge < -0.3 is 14.9 Å². The van der Waals surface area contributed by atoms with Crippen LogP contribution in [0.15, 0.2) is 12.7 Å². The van der Waals surface area contributed by atoms with Crippen molar-refractivity contribution in [3.8, 4) is 0 Å². The van der Waals surface area contributed by atoms with Crippen molar-refractivity contribution < 1.29 is 14.9 Å². The molecule has 7 nitrogen and oxygen atoms in total. The third-order valence-electron chi connectivity index (χ3n) is 5.08. The van der Waals surface area contributed by atoms with Gasteiger partial charge in [-0.2, -0.15) is 0 Å². The number of fused-ring (bicyclic) bond motifs is 1. The molecule has 1 aliphatic heterocycles. The number of imidazole rings is 1. The van der Waals surface area contributed by atoms with Gasteiger partial charge in [0.15, 0.2) is 11.9 Å². The number of aliphatic hydroxyl groups is 2. The molecule has 4 atom stereocenters. The van der Waals surface area contributed by atoms with Crippen LogP contribution in [-0.2, 0) is 11.2 Å². The van der Waals surface area contributed by atoms with Crippen molar-refractivity contribution in [1.82, 2.24) is 19.5 Å². The van der Waals surface area contributed by atoms with Crippen LogP contribution >= 0.6 is 6.89 Å². The summed E-state index contributed by atoms with van der Waals surface area (Å²) in [5.74, 6) is 0. The van der Waals surface area contributed by atoms with Crippen molar-refractivity contribution >= 4 is 24.3 Å². The predicted molar refractivity (Wildman–Crippen MR) is 110 cm³/mol. The van der Waals surface area contributed by atoms with Crippen LogP contribution < -0.4 is 0 Å². The Morgan fingerprint density at radius 2 is 1.96 bits per heavy atom. The van der Waals surface area contributed by atoms with Crippen molar-refractivity contribution in [2.75, 3.05) is 19.5 Å². The highest BCUT2D eigenvalue weighted by molar-refractivity contribution is 7.72. The minimum atomic E-state index is -1.22. The Morgan fingerprint density at radius 1 is 1.19 bits per heavy atom. The molecule has 0 bridgehead atoms. The quantitative estimate of drug-likeness (QED) is 0.527. The average Bonchev–Trinajstić information content (AvgIpc) is 3.16. The number of aromatic nitrogens is 4. The zero-order valence-corrected chi connectivity index (χ0v) is 17.3. The molecule has 1 aliphatic rings. The first kappa shape index (κ1) is 20.5. The van der Waals surface area contributed by atoms with E-state index in [0.717, 1.165) is 43.1 Å². The molecule has 1 saturated heterocycles. The van der Waals surface area contributed by atoms with Gasteiger partial charge in [0.25, 0.3) is 0 Å². The van der Waals surface area contributed by atoms with E-state index in [1.807, 2.05) is 0 Å². The summed E-state index contributed by atoms with van der Waals surface area (Å²) in [4.78, 5) is 13.2. The molecular weight excluding hydrogens is 363 g/mol. The highest BCUT2D eigenvalue weighted by atomic mass is 31.2. The molecule has 0 amide bonds. The molecule has 0 aromatic carbocycles. The number of hydrogen-bond acceptors (Lipinski definition) is 6. The normalized spacial score (nSPS) is 26.1. The van der Waals surface area contributed by atoms with Gasteiger partial charge in [-0.1, -0.05) is 19.8 Å². The monoisotopic (exact) mass is 394 g/mol. The van der Waals surface area contributed by atoms with Crippen LogP contribution in [0.5, 0.6) is 0 Å². The Kier molecular flexibility index (Phi) is 6.36. The number of aryl methyl sites for hydroxylation is 1. The van der Waals surface area contributed by atoms with Crippen molar-refractivity contribution in [2.45, 2.75) is 63.6 Å². The summed E-state index contributed by atoms with van der Waals surface area (Å²) in [6.45, 7) is 5.26. The maximum Gasteiger partial charge on any atom is 0.165 e. The van der Waals surface area contributed by atoms with Crippen molar-refractivity contribution in [2.24, 2.45) is 0 Å². The van der Waals surface area contributed by atoms with E-state index in [2.05, 4.69) is 41.5 Å². The Bertz CT molecular complexity index is 818. The van der Waals surface area contributed by atoms with Gasteiger partial charge in [0.2, 0.25) is 0 Å². The van der Waals surface area contributed by atoms with E-state index in [9.17, 15) is 10.2 Å². The summed E-state index contributed by atoms with van der Waals surface area (Å²) in [7, 11) is 0. The van der Waals surface area contributed by atoms with Crippen LogP contribution in [0.25, 0.3) is 11.2 Å². The zero-order chi connectivity index (χ0) is 19.6. The molecule has 1 fully saturated rings. The molecule has 2 N–H and O–H groups in total. The van der Waals surface area contributed by atoms with Gasteiger partial charge in [-0.05, 0) is 38.8 Å². The van der Waals surface area contributed by atoms with Gasteiger partial charge in [-0.15, -0.1) is 13.2 Å². The van der Waals surface area contributed by atoms with Crippen LogP contribution in [0.3, 0.4) is 0 Å². The molecule has 0 spiro atoms. The lowest BCUT2D eigenvalue weighted by molar-refractivity contribution is -0.0353. The molecule has 2 aromatic heterocycles. The van der Waals surface area contributed by atoms with Crippen molar-refractivity contribution in [3.05, 3.63) is 18.3 Å². The molecule has 0 aliphatic carbocycles. The lowest BCUT2D eigenvalue weighted by Crippen LogP contribution is -2.31. The third-order valence-corrected chi connectivity index (χ3v) is 6.55. The second kappa shape index (κ2) is 8.39. The van der Waals surface area contributed by atoms with E-state index < -0.39 is 31.4 Å². The summed E-state index contributed by atoms with van der Waals surface area (Å²) in [6.07, 6.45) is 10.1. The Labute approximate surface area is 160 Å². The van der Waals surface area contributed by atoms with Gasteiger partial charge in [0, 0.05) is 0 Å². The van der Waals surface area contributed by atoms with Gasteiger partial charge in [0.1, 0.15) is 24.1 Å².